The van der Waals surface area contributed by atoms with Crippen molar-refractivity contribution in [2.24, 2.45) is 0 Å². The lowest BCUT2D eigenvalue weighted by atomic mass is 10.1. The second-order valence-electron chi connectivity index (χ2n) is 9.67. The fourth-order valence-electron chi connectivity index (χ4n) is 4.26. The molecule has 0 spiro atoms. The van der Waals surface area contributed by atoms with Gasteiger partial charge in [-0.2, -0.15) is 11.3 Å². The molecule has 3 aromatic heterocycles. The van der Waals surface area contributed by atoms with Crippen LogP contribution in [-0.4, -0.2) is 46.0 Å². The highest BCUT2D eigenvalue weighted by Gasteiger charge is 2.11. The van der Waals surface area contributed by atoms with Crippen LogP contribution in [0.3, 0.4) is 0 Å². The highest BCUT2D eigenvalue weighted by molar-refractivity contribution is 7.07. The number of thiophene rings is 1. The Morgan fingerprint density at radius 1 is 1.07 bits per heavy atom. The van der Waals surface area contributed by atoms with Crippen LogP contribution in [0.1, 0.15) is 27.0 Å². The van der Waals surface area contributed by atoms with Crippen molar-refractivity contribution in [1.82, 2.24) is 24.8 Å². The number of amides is 1. The summed E-state index contributed by atoms with van der Waals surface area (Å²) in [5.74, 6) is 0.141. The van der Waals surface area contributed by atoms with Crippen LogP contribution in [0.25, 0.3) is 17.0 Å². The van der Waals surface area contributed by atoms with Gasteiger partial charge in [-0.1, -0.05) is 30.4 Å². The third-order valence-electron chi connectivity index (χ3n) is 6.20. The maximum Gasteiger partial charge on any atom is 0.263 e. The van der Waals surface area contributed by atoms with Gasteiger partial charge >= 0.3 is 0 Å². The molecule has 5 rings (SSSR count). The summed E-state index contributed by atoms with van der Waals surface area (Å²) >= 11 is 1.58. The third-order valence-corrected chi connectivity index (χ3v) is 6.93. The number of carbonyl (C=O) groups excluding carboxylic acids is 1. The van der Waals surface area contributed by atoms with Gasteiger partial charge in [-0.05, 0) is 84.0 Å². The number of pyridine rings is 1. The van der Waals surface area contributed by atoms with E-state index in [0.717, 1.165) is 34.3 Å². The van der Waals surface area contributed by atoms with Crippen molar-refractivity contribution in [1.29, 1.82) is 0 Å². The maximum absolute atomic E-state index is 12.8. The van der Waals surface area contributed by atoms with Gasteiger partial charge < -0.3 is 20.1 Å². The van der Waals surface area contributed by atoms with Gasteiger partial charge in [-0.25, -0.2) is 9.97 Å². The molecule has 202 valence electrons. The first kappa shape index (κ1) is 27.0. The van der Waals surface area contributed by atoms with Crippen molar-refractivity contribution in [2.45, 2.75) is 13.1 Å². The lowest BCUT2D eigenvalue weighted by molar-refractivity contribution is 0.0956. The number of carbonyl (C=O) groups is 1. The van der Waals surface area contributed by atoms with Crippen molar-refractivity contribution in [3.63, 3.8) is 0 Å². The summed E-state index contributed by atoms with van der Waals surface area (Å²) in [6.07, 6.45) is 7.26. The van der Waals surface area contributed by atoms with E-state index in [2.05, 4.69) is 37.6 Å². The average Bonchev–Trinajstić information content (AvgIpc) is 3.46. The number of nitrogens with one attached hydrogen (secondary N) is 2. The Hall–Kier alpha value is -4.60. The molecule has 0 atom stereocenters. The second-order valence-corrected chi connectivity index (χ2v) is 10.5. The third kappa shape index (κ3) is 6.88. The number of hydrogen-bond donors (Lipinski definition) is 2. The zero-order chi connectivity index (χ0) is 27.9. The molecule has 0 aliphatic rings. The number of anilines is 2. The summed E-state index contributed by atoms with van der Waals surface area (Å²) in [4.78, 5) is 36.6. The minimum atomic E-state index is -0.395. The summed E-state index contributed by atoms with van der Waals surface area (Å²) in [6.45, 7) is 1.62. The lowest BCUT2D eigenvalue weighted by Crippen LogP contribution is -2.32. The Morgan fingerprint density at radius 2 is 1.93 bits per heavy atom. The molecule has 0 aliphatic heterocycles. The minimum absolute atomic E-state index is 0.128. The van der Waals surface area contributed by atoms with E-state index in [1.807, 2.05) is 73.4 Å². The van der Waals surface area contributed by atoms with E-state index in [0.29, 0.717) is 19.0 Å². The first-order chi connectivity index (χ1) is 19.4. The monoisotopic (exact) mass is 550 g/mol. The maximum atomic E-state index is 12.8. The molecular formula is C31H30N6O2S. The minimum Gasteiger partial charge on any atom is -0.348 e. The molecule has 0 saturated heterocycles. The highest BCUT2D eigenvalue weighted by Crippen LogP contribution is 2.19. The summed E-state index contributed by atoms with van der Waals surface area (Å²) in [5.41, 5.74) is 4.81. The average molecular weight is 551 g/mol. The first-order valence-electron chi connectivity index (χ1n) is 12.9. The molecule has 5 aromatic rings. The van der Waals surface area contributed by atoms with Gasteiger partial charge in [0.25, 0.3) is 11.5 Å². The molecule has 1 amide bonds. The van der Waals surface area contributed by atoms with Gasteiger partial charge in [0.1, 0.15) is 5.56 Å². The molecule has 3 heterocycles. The first-order valence-corrected chi connectivity index (χ1v) is 13.8. The quantitative estimate of drug-likeness (QED) is 0.250. The number of benzene rings is 2. The van der Waals surface area contributed by atoms with Crippen molar-refractivity contribution in [3.8, 4) is 0 Å². The van der Waals surface area contributed by atoms with Crippen molar-refractivity contribution >= 4 is 45.9 Å². The number of fused-ring (bicyclic) bond motifs is 1. The summed E-state index contributed by atoms with van der Waals surface area (Å²) < 4.78 is 1.55. The van der Waals surface area contributed by atoms with Gasteiger partial charge in [-0.15, -0.1) is 0 Å². The number of aromatic nitrogens is 3. The number of nitrogens with zero attached hydrogens (tertiary/aromatic N) is 4. The van der Waals surface area contributed by atoms with Crippen LogP contribution in [0.15, 0.2) is 94.7 Å². The molecule has 8 nitrogen and oxygen atoms in total. The SMILES string of the molecule is CN(C)Cc1ccc(Nc2ncc3cc(/C=C/CNC(=O)c4cccn(Cc5ccsc5)c4=O)ccc3n2)cc1. The van der Waals surface area contributed by atoms with Crippen molar-refractivity contribution in [3.05, 3.63) is 123 Å². The zero-order valence-electron chi connectivity index (χ0n) is 22.4. The molecule has 2 aromatic carbocycles. The van der Waals surface area contributed by atoms with E-state index >= 15 is 0 Å². The summed E-state index contributed by atoms with van der Waals surface area (Å²) in [6, 6.07) is 19.4. The molecule has 40 heavy (non-hydrogen) atoms. The van der Waals surface area contributed by atoms with Gasteiger partial charge in [0.2, 0.25) is 5.95 Å². The van der Waals surface area contributed by atoms with Crippen LogP contribution >= 0.6 is 11.3 Å². The van der Waals surface area contributed by atoms with E-state index in [1.54, 1.807) is 40.4 Å². The Bertz CT molecular complexity index is 1690. The Balaban J connectivity index is 1.18. The molecule has 9 heteroatoms. The van der Waals surface area contributed by atoms with Gasteiger partial charge in [-0.3, -0.25) is 9.59 Å². The van der Waals surface area contributed by atoms with E-state index in [1.165, 1.54) is 5.56 Å². The molecule has 0 radical (unpaired) electrons. The summed E-state index contributed by atoms with van der Waals surface area (Å²) in [7, 11) is 4.10. The van der Waals surface area contributed by atoms with Crippen molar-refractivity contribution in [2.75, 3.05) is 26.0 Å². The van der Waals surface area contributed by atoms with Crippen LogP contribution < -0.4 is 16.2 Å². The van der Waals surface area contributed by atoms with Crippen LogP contribution in [-0.2, 0) is 13.1 Å². The molecular weight excluding hydrogens is 520 g/mol. The molecule has 0 aliphatic carbocycles. The smallest absolute Gasteiger partial charge is 0.263 e. The van der Waals surface area contributed by atoms with E-state index in [-0.39, 0.29) is 11.1 Å². The zero-order valence-corrected chi connectivity index (χ0v) is 23.2. The Labute approximate surface area is 236 Å². The van der Waals surface area contributed by atoms with E-state index in [4.69, 9.17) is 0 Å². The molecule has 0 saturated carbocycles. The van der Waals surface area contributed by atoms with Crippen LogP contribution in [0.2, 0.25) is 0 Å². The largest absolute Gasteiger partial charge is 0.348 e. The number of hydrogen-bond acceptors (Lipinski definition) is 7. The van der Waals surface area contributed by atoms with Crippen LogP contribution in [0.4, 0.5) is 11.6 Å². The fraction of sp³-hybridized carbons (Fsp3) is 0.161. The predicted molar refractivity (Wildman–Crippen MR) is 162 cm³/mol. The lowest BCUT2D eigenvalue weighted by Gasteiger charge is -2.11. The van der Waals surface area contributed by atoms with Gasteiger partial charge in [0.05, 0.1) is 12.1 Å². The normalized spacial score (nSPS) is 11.4. The summed E-state index contributed by atoms with van der Waals surface area (Å²) in [5, 5.41) is 10.9. The second kappa shape index (κ2) is 12.5. The fourth-order valence-corrected chi connectivity index (χ4v) is 4.92. The molecule has 2 N–H and O–H groups in total. The van der Waals surface area contributed by atoms with Gasteiger partial charge in [0, 0.05) is 36.6 Å². The number of rotatable bonds is 10. The molecule has 0 fully saturated rings. The van der Waals surface area contributed by atoms with Crippen LogP contribution in [0, 0.1) is 0 Å². The topological polar surface area (TPSA) is 92.1 Å². The van der Waals surface area contributed by atoms with Gasteiger partial charge in [0.15, 0.2) is 0 Å². The van der Waals surface area contributed by atoms with Crippen LogP contribution in [0.5, 0.6) is 0 Å². The molecule has 0 unspecified atom stereocenters. The molecule has 0 bridgehead atoms. The van der Waals surface area contributed by atoms with Crippen molar-refractivity contribution < 1.29 is 4.79 Å². The predicted octanol–water partition coefficient (Wildman–Crippen LogP) is 5.15. The van der Waals surface area contributed by atoms with E-state index in [9.17, 15) is 9.59 Å². The highest BCUT2D eigenvalue weighted by atomic mass is 32.1. The Kier molecular flexibility index (Phi) is 8.44. The Morgan fingerprint density at radius 3 is 2.70 bits per heavy atom. The van der Waals surface area contributed by atoms with E-state index < -0.39 is 5.91 Å². The standard InChI is InChI=1S/C31H30N6O2S/c1-36(2)19-23-7-10-26(11-8-23)34-31-33-18-25-17-22(9-12-28(25)35-31)5-3-14-32-29(38)27-6-4-15-37(30(27)39)20-24-13-16-40-21-24/h3-13,15-18,21H,14,19-20H2,1-2H3,(H,32,38)(H,33,34,35)/b5-3+.